The first-order valence-corrected chi connectivity index (χ1v) is 8.46. The van der Waals surface area contributed by atoms with E-state index in [2.05, 4.69) is 10.2 Å². The zero-order valence-corrected chi connectivity index (χ0v) is 15.7. The lowest BCUT2D eigenvalue weighted by atomic mass is 10.1. The van der Waals surface area contributed by atoms with Crippen molar-refractivity contribution in [1.29, 1.82) is 5.26 Å². The molecule has 0 aliphatic rings. The molecule has 0 unspecified atom stereocenters. The fourth-order valence-corrected chi connectivity index (χ4v) is 2.58. The van der Waals surface area contributed by atoms with Crippen molar-refractivity contribution in [3.8, 4) is 17.7 Å². The number of ether oxygens (including phenoxy) is 1. The van der Waals surface area contributed by atoms with E-state index in [9.17, 15) is 25.3 Å². The molecule has 1 aromatic heterocycles. The highest BCUT2D eigenvalue weighted by Gasteiger charge is 2.20. The maximum Gasteiger partial charge on any atom is 0.271 e. The minimum atomic E-state index is -0.622. The van der Waals surface area contributed by atoms with Crippen LogP contribution in [0.15, 0.2) is 33.2 Å². The van der Waals surface area contributed by atoms with Crippen LogP contribution < -0.4 is 10.3 Å². The van der Waals surface area contributed by atoms with Gasteiger partial charge in [-0.3, -0.25) is 19.5 Å². The third-order valence-corrected chi connectivity index (χ3v) is 4.10. The molecule has 0 saturated heterocycles. The Bertz CT molecular complexity index is 1040. The van der Waals surface area contributed by atoms with E-state index in [4.69, 9.17) is 4.74 Å². The number of rotatable bonds is 7. The van der Waals surface area contributed by atoms with Gasteiger partial charge in [-0.25, -0.2) is 0 Å². The molecule has 0 atom stereocenters. The highest BCUT2D eigenvalue weighted by molar-refractivity contribution is 5.61. The molecule has 0 saturated carbocycles. The number of benzene rings is 1. The second kappa shape index (κ2) is 8.77. The minimum absolute atomic E-state index is 0.0888. The first-order chi connectivity index (χ1) is 13.3. The van der Waals surface area contributed by atoms with Crippen molar-refractivity contribution in [2.24, 2.45) is 10.2 Å². The molecule has 1 aromatic carbocycles. The van der Waals surface area contributed by atoms with E-state index >= 15 is 0 Å². The normalized spacial score (nSPS) is 10.8. The number of nitro benzene ring substituents is 1. The number of phenolic OH excluding ortho intramolecular Hbond substituents is 1. The van der Waals surface area contributed by atoms with E-state index in [-0.39, 0.29) is 39.8 Å². The highest BCUT2D eigenvalue weighted by atomic mass is 16.6. The van der Waals surface area contributed by atoms with E-state index in [1.807, 2.05) is 13.0 Å². The van der Waals surface area contributed by atoms with Crippen LogP contribution in [0.25, 0.3) is 0 Å². The van der Waals surface area contributed by atoms with Crippen molar-refractivity contribution in [3.63, 3.8) is 0 Å². The van der Waals surface area contributed by atoms with Gasteiger partial charge in [0.25, 0.3) is 11.2 Å². The van der Waals surface area contributed by atoms with Crippen LogP contribution in [0.5, 0.6) is 11.6 Å². The first kappa shape index (κ1) is 20.6. The zero-order valence-electron chi connectivity index (χ0n) is 15.7. The number of aromatic hydroxyl groups is 1. The van der Waals surface area contributed by atoms with Crippen molar-refractivity contribution in [2.45, 2.75) is 33.2 Å². The molecule has 0 spiro atoms. The number of phenols is 1. The lowest BCUT2D eigenvalue weighted by Gasteiger charge is -2.15. The highest BCUT2D eigenvalue weighted by Crippen LogP contribution is 2.36. The summed E-state index contributed by atoms with van der Waals surface area (Å²) in [6, 6.07) is 5.22. The Morgan fingerprint density at radius 2 is 2.11 bits per heavy atom. The molecule has 0 fully saturated rings. The standard InChI is InChI=1S/C18H19N5O5/c1-4-5-8-22-17(25)13(10-19)11(2)16(18(22)28-3)21-20-14-9-12(23(26)27)6-7-15(14)24/h6-7,9,24H,4-5,8H2,1-3H3. The van der Waals surface area contributed by atoms with Crippen LogP contribution in [-0.2, 0) is 6.54 Å². The van der Waals surface area contributed by atoms with Gasteiger partial charge in [-0.15, -0.1) is 10.2 Å². The van der Waals surface area contributed by atoms with Gasteiger partial charge in [0.2, 0.25) is 5.88 Å². The average Bonchev–Trinajstić information content (AvgIpc) is 2.67. The van der Waals surface area contributed by atoms with Gasteiger partial charge in [-0.1, -0.05) is 13.3 Å². The number of methoxy groups -OCH3 is 1. The van der Waals surface area contributed by atoms with Crippen LogP contribution in [0.4, 0.5) is 17.1 Å². The summed E-state index contributed by atoms with van der Waals surface area (Å²) in [6.07, 6.45) is 1.51. The molecule has 10 nitrogen and oxygen atoms in total. The number of pyridine rings is 1. The maximum atomic E-state index is 12.6. The molecule has 0 bridgehead atoms. The van der Waals surface area contributed by atoms with E-state index in [1.54, 1.807) is 0 Å². The first-order valence-electron chi connectivity index (χ1n) is 8.46. The van der Waals surface area contributed by atoms with Gasteiger partial charge >= 0.3 is 0 Å². The lowest BCUT2D eigenvalue weighted by molar-refractivity contribution is -0.384. The number of nitrogens with zero attached hydrogens (tertiary/aromatic N) is 5. The molecule has 2 rings (SSSR count). The number of nitro groups is 1. The Hall–Kier alpha value is -3.74. The maximum absolute atomic E-state index is 12.6. The molecule has 0 amide bonds. The largest absolute Gasteiger partial charge is 0.506 e. The molecular formula is C18H19N5O5. The van der Waals surface area contributed by atoms with E-state index in [0.29, 0.717) is 13.0 Å². The van der Waals surface area contributed by atoms with Crippen molar-refractivity contribution < 1.29 is 14.8 Å². The van der Waals surface area contributed by atoms with E-state index in [1.165, 1.54) is 18.6 Å². The summed E-state index contributed by atoms with van der Waals surface area (Å²) in [5.74, 6) is -0.172. The molecule has 0 aliphatic heterocycles. The molecule has 0 aliphatic carbocycles. The number of nitriles is 1. The van der Waals surface area contributed by atoms with Crippen molar-refractivity contribution in [3.05, 3.63) is 49.8 Å². The van der Waals surface area contributed by atoms with E-state index < -0.39 is 10.5 Å². The number of non-ortho nitro benzene ring substituents is 1. The van der Waals surface area contributed by atoms with Gasteiger partial charge in [0.1, 0.15) is 23.1 Å². The molecule has 146 valence electrons. The number of azo groups is 1. The summed E-state index contributed by atoms with van der Waals surface area (Å²) >= 11 is 0. The van der Waals surface area contributed by atoms with Gasteiger partial charge in [0.15, 0.2) is 5.69 Å². The zero-order chi connectivity index (χ0) is 20.8. The summed E-state index contributed by atoms with van der Waals surface area (Å²) in [4.78, 5) is 22.9. The predicted octanol–water partition coefficient (Wildman–Crippen LogP) is 3.87. The molecular weight excluding hydrogens is 366 g/mol. The van der Waals surface area contributed by atoms with Crippen LogP contribution in [-0.4, -0.2) is 21.7 Å². The SMILES string of the molecule is CCCCn1c(OC)c(N=Nc2cc([N+](=O)[O-])ccc2O)c(C)c(C#N)c1=O. The van der Waals surface area contributed by atoms with Crippen molar-refractivity contribution in [1.82, 2.24) is 4.57 Å². The Labute approximate surface area is 160 Å². The monoisotopic (exact) mass is 385 g/mol. The second-order valence-corrected chi connectivity index (χ2v) is 5.91. The molecule has 28 heavy (non-hydrogen) atoms. The van der Waals surface area contributed by atoms with Gasteiger partial charge in [-0.2, -0.15) is 5.26 Å². The molecule has 1 heterocycles. The number of unbranched alkanes of at least 4 members (excludes halogenated alkanes) is 1. The average molecular weight is 385 g/mol. The second-order valence-electron chi connectivity index (χ2n) is 5.91. The minimum Gasteiger partial charge on any atom is -0.506 e. The Morgan fingerprint density at radius 3 is 2.68 bits per heavy atom. The fraction of sp³-hybridized carbons (Fsp3) is 0.333. The summed E-state index contributed by atoms with van der Waals surface area (Å²) < 4.78 is 6.66. The predicted molar refractivity (Wildman–Crippen MR) is 101 cm³/mol. The van der Waals surface area contributed by atoms with Crippen LogP contribution in [0, 0.1) is 28.4 Å². The number of hydrogen-bond acceptors (Lipinski definition) is 8. The smallest absolute Gasteiger partial charge is 0.271 e. The van der Waals surface area contributed by atoms with Crippen LogP contribution >= 0.6 is 0 Å². The quantitative estimate of drug-likeness (QED) is 0.435. The summed E-state index contributed by atoms with van der Waals surface area (Å²) in [7, 11) is 1.37. The summed E-state index contributed by atoms with van der Waals surface area (Å²) in [5.41, 5.74) is -0.551. The fourth-order valence-electron chi connectivity index (χ4n) is 2.58. The Balaban J connectivity index is 2.67. The summed E-state index contributed by atoms with van der Waals surface area (Å²) in [6.45, 7) is 3.83. The van der Waals surface area contributed by atoms with Crippen molar-refractivity contribution >= 4 is 17.1 Å². The third-order valence-electron chi connectivity index (χ3n) is 4.10. The Kier molecular flexibility index (Phi) is 6.44. The van der Waals surface area contributed by atoms with Gasteiger partial charge in [0.05, 0.1) is 12.0 Å². The van der Waals surface area contributed by atoms with Crippen LogP contribution in [0.2, 0.25) is 0 Å². The molecule has 2 aromatic rings. The van der Waals surface area contributed by atoms with E-state index in [0.717, 1.165) is 24.6 Å². The number of hydrogen-bond donors (Lipinski definition) is 1. The summed E-state index contributed by atoms with van der Waals surface area (Å²) in [5, 5.41) is 38.1. The van der Waals surface area contributed by atoms with Crippen LogP contribution in [0.3, 0.4) is 0 Å². The van der Waals surface area contributed by atoms with Gasteiger partial charge in [-0.05, 0) is 19.4 Å². The van der Waals surface area contributed by atoms with Crippen LogP contribution in [0.1, 0.15) is 30.9 Å². The molecule has 0 radical (unpaired) electrons. The topological polar surface area (TPSA) is 143 Å². The molecule has 1 N–H and O–H groups in total. The number of aromatic nitrogens is 1. The molecule has 10 heteroatoms. The van der Waals surface area contributed by atoms with Gasteiger partial charge < -0.3 is 9.84 Å². The Morgan fingerprint density at radius 1 is 1.39 bits per heavy atom. The van der Waals surface area contributed by atoms with Crippen molar-refractivity contribution in [2.75, 3.05) is 7.11 Å². The van der Waals surface area contributed by atoms with Gasteiger partial charge in [0, 0.05) is 24.2 Å². The lowest BCUT2D eigenvalue weighted by Crippen LogP contribution is -2.25. The third kappa shape index (κ3) is 3.98.